The molecule has 0 aliphatic carbocycles. The summed E-state index contributed by atoms with van der Waals surface area (Å²) in [6.07, 6.45) is 0. The number of halogens is 2. The molecular weight excluding hydrogens is 545 g/mol. The minimum absolute atomic E-state index is 0.0825. The maximum atomic E-state index is 13.8. The standard InChI is InChI=1S/C28H21ClFN3O3S2/c1-15-3-4-16(2)21(13-15)24(34)22-23(18-7-11-20(30)12-8-18)33(26(36)25(22)35)27-31-32-28(38-27)37-14-17-5-9-19(29)10-6-17/h3-13,23,34H,14H2,1-2H3. The van der Waals surface area contributed by atoms with Gasteiger partial charge in [0.05, 0.1) is 11.6 Å². The van der Waals surface area contributed by atoms with E-state index in [1.165, 1.54) is 40.9 Å². The number of aliphatic hydroxyl groups is 1. The molecule has 1 atom stereocenters. The summed E-state index contributed by atoms with van der Waals surface area (Å²) in [4.78, 5) is 27.9. The summed E-state index contributed by atoms with van der Waals surface area (Å²) in [6.45, 7) is 3.68. The fraction of sp³-hybridized carbons (Fsp3) is 0.143. The number of rotatable bonds is 6. The lowest BCUT2D eigenvalue weighted by Gasteiger charge is -2.22. The number of hydrogen-bond acceptors (Lipinski definition) is 7. The fourth-order valence-electron chi connectivity index (χ4n) is 4.21. The topological polar surface area (TPSA) is 83.4 Å². The minimum Gasteiger partial charge on any atom is -0.507 e. The fourth-order valence-corrected chi connectivity index (χ4v) is 6.16. The molecule has 2 heterocycles. The molecule has 10 heteroatoms. The summed E-state index contributed by atoms with van der Waals surface area (Å²) < 4.78 is 14.4. The van der Waals surface area contributed by atoms with Gasteiger partial charge >= 0.3 is 5.91 Å². The van der Waals surface area contributed by atoms with E-state index in [0.717, 1.165) is 28.0 Å². The highest BCUT2D eigenvalue weighted by molar-refractivity contribution is 8.00. The second-order valence-corrected chi connectivity index (χ2v) is 11.4. The molecule has 1 unspecified atom stereocenters. The van der Waals surface area contributed by atoms with Crippen LogP contribution in [0.15, 0.2) is 76.6 Å². The molecule has 0 spiro atoms. The van der Waals surface area contributed by atoms with E-state index in [1.54, 1.807) is 18.2 Å². The lowest BCUT2D eigenvalue weighted by atomic mass is 9.93. The van der Waals surface area contributed by atoms with E-state index in [1.807, 2.05) is 38.1 Å². The minimum atomic E-state index is -1.00. The molecule has 1 fully saturated rings. The number of ketones is 1. The number of benzene rings is 3. The molecule has 1 aromatic heterocycles. The number of anilines is 1. The number of aliphatic hydroxyl groups excluding tert-OH is 1. The van der Waals surface area contributed by atoms with E-state index in [2.05, 4.69) is 10.2 Å². The first-order valence-electron chi connectivity index (χ1n) is 11.6. The number of carbonyl (C=O) groups is 2. The van der Waals surface area contributed by atoms with Crippen molar-refractivity contribution >= 4 is 57.3 Å². The Morgan fingerprint density at radius 1 is 1.05 bits per heavy atom. The van der Waals surface area contributed by atoms with Gasteiger partial charge in [-0.2, -0.15) is 0 Å². The molecule has 38 heavy (non-hydrogen) atoms. The lowest BCUT2D eigenvalue weighted by Crippen LogP contribution is -2.29. The third-order valence-electron chi connectivity index (χ3n) is 6.16. The molecule has 1 N–H and O–H groups in total. The van der Waals surface area contributed by atoms with Crippen LogP contribution in [0.3, 0.4) is 0 Å². The van der Waals surface area contributed by atoms with Gasteiger partial charge in [-0.25, -0.2) is 4.39 Å². The molecule has 4 aromatic rings. The number of aromatic nitrogens is 2. The Bertz CT molecular complexity index is 1570. The molecule has 0 saturated carbocycles. The average molecular weight is 566 g/mol. The van der Waals surface area contributed by atoms with E-state index < -0.39 is 23.5 Å². The van der Waals surface area contributed by atoms with Gasteiger partial charge < -0.3 is 5.11 Å². The number of nitrogens with zero attached hydrogens (tertiary/aromatic N) is 3. The summed E-state index contributed by atoms with van der Waals surface area (Å²) in [7, 11) is 0. The van der Waals surface area contributed by atoms with Crippen LogP contribution in [-0.4, -0.2) is 27.0 Å². The Morgan fingerprint density at radius 2 is 1.76 bits per heavy atom. The first kappa shape index (κ1) is 26.1. The van der Waals surface area contributed by atoms with Gasteiger partial charge in [-0.15, -0.1) is 10.2 Å². The molecule has 5 rings (SSSR count). The van der Waals surface area contributed by atoms with Crippen molar-refractivity contribution in [3.63, 3.8) is 0 Å². The number of carbonyl (C=O) groups excluding carboxylic acids is 2. The first-order chi connectivity index (χ1) is 18.2. The molecule has 1 saturated heterocycles. The van der Waals surface area contributed by atoms with Crippen LogP contribution in [0, 0.1) is 19.7 Å². The predicted molar refractivity (Wildman–Crippen MR) is 148 cm³/mol. The van der Waals surface area contributed by atoms with E-state index in [4.69, 9.17) is 11.6 Å². The van der Waals surface area contributed by atoms with Crippen LogP contribution < -0.4 is 4.90 Å². The van der Waals surface area contributed by atoms with Gasteiger partial charge in [-0.1, -0.05) is 76.7 Å². The SMILES string of the molecule is Cc1ccc(C)c(C(O)=C2C(=O)C(=O)N(c3nnc(SCc4ccc(Cl)cc4)s3)C2c2ccc(F)cc2)c1. The van der Waals surface area contributed by atoms with Crippen molar-refractivity contribution in [2.24, 2.45) is 0 Å². The van der Waals surface area contributed by atoms with Gasteiger partial charge in [0, 0.05) is 16.3 Å². The number of hydrogen-bond donors (Lipinski definition) is 1. The van der Waals surface area contributed by atoms with E-state index in [9.17, 15) is 19.1 Å². The van der Waals surface area contributed by atoms with Crippen molar-refractivity contribution in [2.75, 3.05) is 4.90 Å². The maximum absolute atomic E-state index is 13.8. The van der Waals surface area contributed by atoms with Gasteiger partial charge in [0.25, 0.3) is 5.78 Å². The molecular formula is C28H21ClFN3O3S2. The Kier molecular flexibility index (Phi) is 7.34. The Morgan fingerprint density at radius 3 is 2.47 bits per heavy atom. The van der Waals surface area contributed by atoms with Crippen LogP contribution in [0.5, 0.6) is 0 Å². The molecule has 0 bridgehead atoms. The monoisotopic (exact) mass is 565 g/mol. The van der Waals surface area contributed by atoms with Crippen molar-refractivity contribution < 1.29 is 19.1 Å². The van der Waals surface area contributed by atoms with Crippen molar-refractivity contribution in [3.8, 4) is 0 Å². The highest BCUT2D eigenvalue weighted by Crippen LogP contribution is 2.44. The molecule has 1 aliphatic heterocycles. The molecule has 192 valence electrons. The zero-order valence-electron chi connectivity index (χ0n) is 20.3. The van der Waals surface area contributed by atoms with Gasteiger partial charge in [-0.05, 0) is 60.9 Å². The average Bonchev–Trinajstić information content (AvgIpc) is 3.47. The summed E-state index contributed by atoms with van der Waals surface area (Å²) in [5, 5.41) is 20.6. The third-order valence-corrected chi connectivity index (χ3v) is 8.53. The van der Waals surface area contributed by atoms with Crippen molar-refractivity contribution in [3.05, 3.63) is 111 Å². The van der Waals surface area contributed by atoms with Gasteiger partial charge in [-0.3, -0.25) is 14.5 Å². The van der Waals surface area contributed by atoms with Crippen LogP contribution in [-0.2, 0) is 15.3 Å². The summed E-state index contributed by atoms with van der Waals surface area (Å²) in [6, 6.07) is 17.4. The van der Waals surface area contributed by atoms with Crippen molar-refractivity contribution in [1.82, 2.24) is 10.2 Å². The maximum Gasteiger partial charge on any atom is 0.301 e. The third kappa shape index (κ3) is 5.09. The highest BCUT2D eigenvalue weighted by Gasteiger charge is 2.48. The summed E-state index contributed by atoms with van der Waals surface area (Å²) in [5.74, 6) is -1.82. The quantitative estimate of drug-likeness (QED) is 0.0903. The van der Waals surface area contributed by atoms with Gasteiger partial charge in [0.15, 0.2) is 4.34 Å². The van der Waals surface area contributed by atoms with Crippen LogP contribution in [0.4, 0.5) is 9.52 Å². The van der Waals surface area contributed by atoms with Gasteiger partial charge in [0.2, 0.25) is 5.13 Å². The Balaban J connectivity index is 1.55. The lowest BCUT2D eigenvalue weighted by molar-refractivity contribution is -0.132. The molecule has 1 aliphatic rings. The first-order valence-corrected chi connectivity index (χ1v) is 13.8. The largest absolute Gasteiger partial charge is 0.507 e. The molecule has 0 radical (unpaired) electrons. The van der Waals surface area contributed by atoms with Crippen LogP contribution in [0.1, 0.15) is 33.9 Å². The smallest absolute Gasteiger partial charge is 0.301 e. The van der Waals surface area contributed by atoms with E-state index >= 15 is 0 Å². The van der Waals surface area contributed by atoms with E-state index in [0.29, 0.717) is 26.2 Å². The Hall–Kier alpha value is -3.53. The van der Waals surface area contributed by atoms with Crippen molar-refractivity contribution in [2.45, 2.75) is 30.0 Å². The van der Waals surface area contributed by atoms with Crippen LogP contribution in [0.25, 0.3) is 5.76 Å². The summed E-state index contributed by atoms with van der Waals surface area (Å²) >= 11 is 8.56. The van der Waals surface area contributed by atoms with Gasteiger partial charge in [0.1, 0.15) is 11.6 Å². The normalized spacial score (nSPS) is 16.8. The number of amides is 1. The van der Waals surface area contributed by atoms with Crippen LogP contribution >= 0.6 is 34.7 Å². The number of aryl methyl sites for hydroxylation is 2. The number of thioether (sulfide) groups is 1. The highest BCUT2D eigenvalue weighted by atomic mass is 35.5. The Labute approximate surface area is 231 Å². The van der Waals surface area contributed by atoms with Crippen LogP contribution in [0.2, 0.25) is 5.02 Å². The molecule has 3 aromatic carbocycles. The molecule has 6 nitrogen and oxygen atoms in total. The second kappa shape index (κ2) is 10.7. The summed E-state index contributed by atoms with van der Waals surface area (Å²) in [5.41, 5.74) is 3.50. The van der Waals surface area contributed by atoms with E-state index in [-0.39, 0.29) is 16.5 Å². The van der Waals surface area contributed by atoms with Crippen molar-refractivity contribution in [1.29, 1.82) is 0 Å². The predicted octanol–water partition coefficient (Wildman–Crippen LogP) is 6.87. The number of Topliss-reactive ketones (excluding diaryl/α,β-unsaturated/α-hetero) is 1. The zero-order valence-corrected chi connectivity index (χ0v) is 22.7. The zero-order chi connectivity index (χ0) is 27.0. The second-order valence-electron chi connectivity index (χ2n) is 8.80. The molecule has 1 amide bonds.